The summed E-state index contributed by atoms with van der Waals surface area (Å²) in [4.78, 5) is 36.4. The lowest BCUT2D eigenvalue weighted by molar-refractivity contribution is -0.148. The van der Waals surface area contributed by atoms with Crippen LogP contribution in [0.1, 0.15) is 23.7 Å². The zero-order chi connectivity index (χ0) is 21.5. The maximum atomic E-state index is 12.2. The van der Waals surface area contributed by atoms with Gasteiger partial charge in [0.25, 0.3) is 11.8 Å². The average Bonchev–Trinajstić information content (AvgIpc) is 2.97. The highest BCUT2D eigenvalue weighted by molar-refractivity contribution is 6.33. The van der Waals surface area contributed by atoms with Gasteiger partial charge in [0.1, 0.15) is 6.04 Å². The van der Waals surface area contributed by atoms with Crippen molar-refractivity contribution in [3.05, 3.63) is 53.1 Å². The van der Waals surface area contributed by atoms with Gasteiger partial charge in [-0.1, -0.05) is 23.7 Å². The third-order valence-electron chi connectivity index (χ3n) is 4.20. The maximum Gasteiger partial charge on any atom is 0.328 e. The number of fused-ring (bicyclic) bond motifs is 1. The first-order valence-electron chi connectivity index (χ1n) is 9.35. The standard InChI is InChI=1S/C21H21ClN2O6/c1-13(23-20(26)15-5-2-3-6-16(15)22)21(27)30-12-19(25)24-14-7-8-17-18(11-14)29-10-4-9-28-17/h2-3,5-8,11,13H,4,9-10,12H2,1H3,(H,23,26)(H,24,25)/t13-/m0/s1. The molecule has 1 aliphatic heterocycles. The van der Waals surface area contributed by atoms with Crippen molar-refractivity contribution in [3.63, 3.8) is 0 Å². The van der Waals surface area contributed by atoms with Crippen molar-refractivity contribution in [1.29, 1.82) is 0 Å². The Labute approximate surface area is 178 Å². The molecule has 1 atom stereocenters. The van der Waals surface area contributed by atoms with E-state index in [2.05, 4.69) is 10.6 Å². The second-order valence-corrected chi connectivity index (χ2v) is 6.95. The molecule has 0 fully saturated rings. The van der Waals surface area contributed by atoms with Gasteiger partial charge < -0.3 is 24.8 Å². The first kappa shape index (κ1) is 21.4. The van der Waals surface area contributed by atoms with Crippen LogP contribution in [0, 0.1) is 0 Å². The molecule has 0 saturated carbocycles. The molecule has 0 spiro atoms. The summed E-state index contributed by atoms with van der Waals surface area (Å²) in [6, 6.07) is 10.5. The minimum absolute atomic E-state index is 0.242. The topological polar surface area (TPSA) is 103 Å². The summed E-state index contributed by atoms with van der Waals surface area (Å²) in [6.07, 6.45) is 0.775. The lowest BCUT2D eigenvalue weighted by Crippen LogP contribution is -2.40. The second kappa shape index (κ2) is 9.98. The summed E-state index contributed by atoms with van der Waals surface area (Å²) in [5.74, 6) is -0.633. The van der Waals surface area contributed by atoms with Crippen LogP contribution in [0.2, 0.25) is 5.02 Å². The molecule has 0 aromatic heterocycles. The fourth-order valence-corrected chi connectivity index (χ4v) is 2.90. The third-order valence-corrected chi connectivity index (χ3v) is 4.53. The Kier molecular flexibility index (Phi) is 7.13. The van der Waals surface area contributed by atoms with Gasteiger partial charge in [-0.2, -0.15) is 0 Å². The Hall–Kier alpha value is -3.26. The van der Waals surface area contributed by atoms with Gasteiger partial charge in [-0.3, -0.25) is 9.59 Å². The number of nitrogens with one attached hydrogen (secondary N) is 2. The van der Waals surface area contributed by atoms with E-state index in [0.717, 1.165) is 6.42 Å². The van der Waals surface area contributed by atoms with Crippen molar-refractivity contribution in [2.45, 2.75) is 19.4 Å². The van der Waals surface area contributed by atoms with Gasteiger partial charge in [-0.05, 0) is 31.2 Å². The molecule has 0 aliphatic carbocycles. The highest BCUT2D eigenvalue weighted by Gasteiger charge is 2.20. The number of halogens is 1. The van der Waals surface area contributed by atoms with E-state index in [1.807, 2.05) is 0 Å². The zero-order valence-corrected chi connectivity index (χ0v) is 17.0. The molecule has 9 heteroatoms. The molecule has 158 valence electrons. The first-order valence-corrected chi connectivity index (χ1v) is 9.73. The SMILES string of the molecule is C[C@H](NC(=O)c1ccccc1Cl)C(=O)OCC(=O)Nc1ccc2c(c1)OCCCO2. The van der Waals surface area contributed by atoms with Crippen molar-refractivity contribution < 1.29 is 28.6 Å². The van der Waals surface area contributed by atoms with Gasteiger partial charge in [0, 0.05) is 18.2 Å². The molecule has 0 unspecified atom stereocenters. The first-order chi connectivity index (χ1) is 14.4. The molecule has 2 aromatic rings. The predicted octanol–water partition coefficient (Wildman–Crippen LogP) is 2.80. The highest BCUT2D eigenvalue weighted by atomic mass is 35.5. The number of ether oxygens (including phenoxy) is 3. The van der Waals surface area contributed by atoms with Crippen LogP contribution in [0.5, 0.6) is 11.5 Å². The lowest BCUT2D eigenvalue weighted by atomic mass is 10.2. The van der Waals surface area contributed by atoms with Crippen LogP contribution in [0.15, 0.2) is 42.5 Å². The Bertz CT molecular complexity index is 949. The summed E-state index contributed by atoms with van der Waals surface area (Å²) < 4.78 is 16.1. The molecule has 1 heterocycles. The molecule has 2 amide bonds. The Morgan fingerprint density at radius 3 is 2.60 bits per heavy atom. The fraction of sp³-hybridized carbons (Fsp3) is 0.286. The van der Waals surface area contributed by atoms with Gasteiger partial charge in [0.05, 0.1) is 23.8 Å². The number of amides is 2. The van der Waals surface area contributed by atoms with E-state index in [9.17, 15) is 14.4 Å². The van der Waals surface area contributed by atoms with Crippen LogP contribution >= 0.6 is 11.6 Å². The van der Waals surface area contributed by atoms with Crippen LogP contribution < -0.4 is 20.1 Å². The molecule has 8 nitrogen and oxygen atoms in total. The minimum atomic E-state index is -0.959. The van der Waals surface area contributed by atoms with Crippen LogP contribution in [0.3, 0.4) is 0 Å². The Morgan fingerprint density at radius 2 is 1.83 bits per heavy atom. The summed E-state index contributed by atoms with van der Waals surface area (Å²) in [7, 11) is 0. The molecule has 2 aromatic carbocycles. The van der Waals surface area contributed by atoms with E-state index in [4.69, 9.17) is 25.8 Å². The van der Waals surface area contributed by atoms with Crippen LogP contribution in [-0.2, 0) is 14.3 Å². The summed E-state index contributed by atoms with van der Waals surface area (Å²) in [6.45, 7) is 2.05. The fourth-order valence-electron chi connectivity index (χ4n) is 2.68. The predicted molar refractivity (Wildman–Crippen MR) is 110 cm³/mol. The molecule has 0 saturated heterocycles. The summed E-state index contributed by atoms with van der Waals surface area (Å²) >= 11 is 5.97. The smallest absolute Gasteiger partial charge is 0.328 e. The lowest BCUT2D eigenvalue weighted by Gasteiger charge is -2.14. The van der Waals surface area contributed by atoms with Gasteiger partial charge in [0.15, 0.2) is 18.1 Å². The number of hydrogen-bond donors (Lipinski definition) is 2. The minimum Gasteiger partial charge on any atom is -0.490 e. The number of anilines is 1. The molecule has 3 rings (SSSR count). The Morgan fingerprint density at radius 1 is 1.10 bits per heavy atom. The molecule has 30 heavy (non-hydrogen) atoms. The van der Waals surface area contributed by atoms with Gasteiger partial charge >= 0.3 is 5.97 Å². The number of benzene rings is 2. The number of rotatable bonds is 6. The van der Waals surface area contributed by atoms with Crippen molar-refractivity contribution >= 4 is 35.1 Å². The summed E-state index contributed by atoms with van der Waals surface area (Å²) in [5, 5.41) is 5.38. The highest BCUT2D eigenvalue weighted by Crippen LogP contribution is 2.32. The molecule has 0 radical (unpaired) electrons. The van der Waals surface area contributed by atoms with E-state index in [1.165, 1.54) is 6.92 Å². The van der Waals surface area contributed by atoms with Gasteiger partial charge in [-0.15, -0.1) is 0 Å². The van der Waals surface area contributed by atoms with E-state index in [0.29, 0.717) is 30.4 Å². The summed E-state index contributed by atoms with van der Waals surface area (Å²) in [5.41, 5.74) is 0.728. The Balaban J connectivity index is 1.48. The van der Waals surface area contributed by atoms with Crippen molar-refractivity contribution in [3.8, 4) is 11.5 Å². The average molecular weight is 433 g/mol. The van der Waals surface area contributed by atoms with E-state index < -0.39 is 30.4 Å². The van der Waals surface area contributed by atoms with Crippen LogP contribution in [0.25, 0.3) is 0 Å². The zero-order valence-electron chi connectivity index (χ0n) is 16.3. The van der Waals surface area contributed by atoms with Crippen molar-refractivity contribution in [2.24, 2.45) is 0 Å². The largest absolute Gasteiger partial charge is 0.490 e. The number of esters is 1. The van der Waals surface area contributed by atoms with E-state index >= 15 is 0 Å². The number of carbonyl (C=O) groups excluding carboxylic acids is 3. The molecular formula is C21H21ClN2O6. The molecule has 2 N–H and O–H groups in total. The number of carbonyl (C=O) groups is 3. The monoisotopic (exact) mass is 432 g/mol. The van der Waals surface area contributed by atoms with Crippen LogP contribution in [-0.4, -0.2) is 43.6 Å². The molecule has 0 bridgehead atoms. The maximum absolute atomic E-state index is 12.2. The van der Waals surface area contributed by atoms with E-state index in [-0.39, 0.29) is 10.6 Å². The van der Waals surface area contributed by atoms with Crippen molar-refractivity contribution in [2.75, 3.05) is 25.1 Å². The quantitative estimate of drug-likeness (QED) is 0.680. The molecule has 1 aliphatic rings. The van der Waals surface area contributed by atoms with Crippen LogP contribution in [0.4, 0.5) is 5.69 Å². The number of hydrogen-bond acceptors (Lipinski definition) is 6. The second-order valence-electron chi connectivity index (χ2n) is 6.54. The van der Waals surface area contributed by atoms with Gasteiger partial charge in [-0.25, -0.2) is 4.79 Å². The third kappa shape index (κ3) is 5.64. The van der Waals surface area contributed by atoms with Gasteiger partial charge in [0.2, 0.25) is 0 Å². The van der Waals surface area contributed by atoms with E-state index in [1.54, 1.807) is 42.5 Å². The van der Waals surface area contributed by atoms with Crippen molar-refractivity contribution in [1.82, 2.24) is 5.32 Å². The normalized spacial score (nSPS) is 13.5. The molecular weight excluding hydrogens is 412 g/mol.